The van der Waals surface area contributed by atoms with E-state index >= 15 is 0 Å². The van der Waals surface area contributed by atoms with Gasteiger partial charge in [-0.05, 0) is 0 Å². The monoisotopic (exact) mass is 119 g/mol. The van der Waals surface area contributed by atoms with Crippen LogP contribution < -0.4 is 4.72 Å². The van der Waals surface area contributed by atoms with Crippen LogP contribution in [0.2, 0.25) is 0 Å². The SMILES string of the molecule is C=CCN[S@@](C)=O. The zero-order valence-corrected chi connectivity index (χ0v) is 5.12. The van der Waals surface area contributed by atoms with Crippen molar-refractivity contribution < 1.29 is 4.21 Å². The third kappa shape index (κ3) is 5.85. The predicted molar refractivity (Wildman–Crippen MR) is 32.3 cm³/mol. The second kappa shape index (κ2) is 4.02. The Balaban J connectivity index is 2.97. The van der Waals surface area contributed by atoms with Gasteiger partial charge >= 0.3 is 0 Å². The molecule has 0 saturated heterocycles. The van der Waals surface area contributed by atoms with Crippen molar-refractivity contribution in [2.24, 2.45) is 0 Å². The lowest BCUT2D eigenvalue weighted by atomic mass is 10.7. The second-order valence-corrected chi connectivity index (χ2v) is 2.29. The molecule has 0 aromatic rings. The van der Waals surface area contributed by atoms with Gasteiger partial charge in [0.15, 0.2) is 0 Å². The van der Waals surface area contributed by atoms with E-state index < -0.39 is 11.0 Å². The quantitative estimate of drug-likeness (QED) is 0.523. The highest BCUT2D eigenvalue weighted by atomic mass is 32.2. The Bertz CT molecular complexity index is 81.8. The van der Waals surface area contributed by atoms with Crippen molar-refractivity contribution in [2.75, 3.05) is 12.8 Å². The van der Waals surface area contributed by atoms with Crippen molar-refractivity contribution in [1.82, 2.24) is 4.72 Å². The summed E-state index contributed by atoms with van der Waals surface area (Å²) in [5.41, 5.74) is 0. The molecule has 0 heterocycles. The van der Waals surface area contributed by atoms with Gasteiger partial charge in [-0.1, -0.05) is 6.08 Å². The Morgan fingerprint density at radius 2 is 2.57 bits per heavy atom. The first kappa shape index (κ1) is 6.85. The third-order valence-corrected chi connectivity index (χ3v) is 1.00. The normalized spacial score (nSPS) is 13.3. The minimum absolute atomic E-state index is 0.614. The van der Waals surface area contributed by atoms with E-state index in [1.54, 1.807) is 12.3 Å². The highest BCUT2D eigenvalue weighted by Gasteiger charge is 1.79. The number of nitrogens with one attached hydrogen (secondary N) is 1. The topological polar surface area (TPSA) is 29.1 Å². The van der Waals surface area contributed by atoms with Crippen LogP contribution in [0.25, 0.3) is 0 Å². The van der Waals surface area contributed by atoms with Crippen molar-refractivity contribution in [3.8, 4) is 0 Å². The van der Waals surface area contributed by atoms with Gasteiger partial charge in [0.2, 0.25) is 0 Å². The van der Waals surface area contributed by atoms with E-state index in [4.69, 9.17) is 0 Å². The first-order valence-corrected chi connectivity index (χ1v) is 3.51. The van der Waals surface area contributed by atoms with Gasteiger partial charge in [0.1, 0.15) is 0 Å². The van der Waals surface area contributed by atoms with E-state index in [1.807, 2.05) is 0 Å². The smallest absolute Gasteiger partial charge is 0.0886 e. The van der Waals surface area contributed by atoms with Gasteiger partial charge in [0.25, 0.3) is 0 Å². The first-order valence-electron chi connectivity index (χ1n) is 1.95. The number of hydrogen-bond acceptors (Lipinski definition) is 1. The summed E-state index contributed by atoms with van der Waals surface area (Å²) in [6.07, 6.45) is 3.25. The standard InChI is InChI=1S/C4H9NOS/c1-3-4-5-7(2)6/h3,5H,1,4H2,2H3/t7-/m1/s1. The molecule has 0 fully saturated rings. The van der Waals surface area contributed by atoms with E-state index in [1.165, 1.54) is 0 Å². The van der Waals surface area contributed by atoms with Crippen LogP contribution >= 0.6 is 0 Å². The van der Waals surface area contributed by atoms with E-state index in [2.05, 4.69) is 11.3 Å². The summed E-state index contributed by atoms with van der Waals surface area (Å²) in [5.74, 6) is 0. The molecule has 0 unspecified atom stereocenters. The molecule has 0 aliphatic rings. The maximum atomic E-state index is 10.2. The Morgan fingerprint density at radius 3 is 2.71 bits per heavy atom. The zero-order chi connectivity index (χ0) is 5.70. The van der Waals surface area contributed by atoms with Crippen molar-refractivity contribution >= 4 is 11.0 Å². The summed E-state index contributed by atoms with van der Waals surface area (Å²) in [7, 11) is -0.887. The molecule has 7 heavy (non-hydrogen) atoms. The first-order chi connectivity index (χ1) is 3.27. The molecule has 1 atom stereocenters. The van der Waals surface area contributed by atoms with E-state index in [0.717, 1.165) is 0 Å². The Kier molecular flexibility index (Phi) is 3.93. The molecule has 0 aliphatic heterocycles. The molecule has 0 aromatic heterocycles. The van der Waals surface area contributed by atoms with Gasteiger partial charge in [-0.25, -0.2) is 8.93 Å². The lowest BCUT2D eigenvalue weighted by Gasteiger charge is -1.89. The number of rotatable bonds is 3. The van der Waals surface area contributed by atoms with Gasteiger partial charge < -0.3 is 0 Å². The molecule has 0 saturated carbocycles. The van der Waals surface area contributed by atoms with Crippen LogP contribution in [0.5, 0.6) is 0 Å². The van der Waals surface area contributed by atoms with Crippen LogP contribution in [0.3, 0.4) is 0 Å². The molecule has 0 radical (unpaired) electrons. The highest BCUT2D eigenvalue weighted by molar-refractivity contribution is 7.82. The van der Waals surface area contributed by atoms with E-state index in [0.29, 0.717) is 6.54 Å². The Morgan fingerprint density at radius 1 is 2.00 bits per heavy atom. The van der Waals surface area contributed by atoms with Gasteiger partial charge in [-0.15, -0.1) is 6.58 Å². The fourth-order valence-electron chi connectivity index (χ4n) is 0.176. The lowest BCUT2D eigenvalue weighted by molar-refractivity contribution is 0.680. The molecule has 3 heteroatoms. The molecule has 0 amide bonds. The molecule has 0 rings (SSSR count). The van der Waals surface area contributed by atoms with Crippen LogP contribution in [0, 0.1) is 0 Å². The minimum Gasteiger partial charge on any atom is -0.243 e. The fraction of sp³-hybridized carbons (Fsp3) is 0.500. The maximum Gasteiger partial charge on any atom is 0.0886 e. The summed E-state index contributed by atoms with van der Waals surface area (Å²) in [4.78, 5) is 0. The van der Waals surface area contributed by atoms with Crippen LogP contribution in [0.4, 0.5) is 0 Å². The Labute approximate surface area is 46.2 Å². The molecule has 0 aromatic carbocycles. The molecule has 42 valence electrons. The van der Waals surface area contributed by atoms with Crippen molar-refractivity contribution in [3.63, 3.8) is 0 Å². The Hall–Kier alpha value is -0.150. The van der Waals surface area contributed by atoms with Crippen LogP contribution in [0.1, 0.15) is 0 Å². The van der Waals surface area contributed by atoms with Gasteiger partial charge in [0, 0.05) is 12.8 Å². The third-order valence-electron chi connectivity index (χ3n) is 0.431. The summed E-state index contributed by atoms with van der Waals surface area (Å²) in [5, 5.41) is 0. The van der Waals surface area contributed by atoms with E-state index in [9.17, 15) is 4.21 Å². The number of hydrogen-bond donors (Lipinski definition) is 1. The molecular weight excluding hydrogens is 110 g/mol. The van der Waals surface area contributed by atoms with Gasteiger partial charge in [-0.3, -0.25) is 0 Å². The highest BCUT2D eigenvalue weighted by Crippen LogP contribution is 1.62. The lowest BCUT2D eigenvalue weighted by Crippen LogP contribution is -2.14. The average molecular weight is 119 g/mol. The largest absolute Gasteiger partial charge is 0.243 e. The fourth-order valence-corrected chi connectivity index (χ4v) is 0.529. The van der Waals surface area contributed by atoms with Crippen LogP contribution in [-0.2, 0) is 11.0 Å². The molecule has 2 nitrogen and oxygen atoms in total. The zero-order valence-electron chi connectivity index (χ0n) is 4.31. The molecule has 0 bridgehead atoms. The predicted octanol–water partition coefficient (Wildman–Crippen LogP) is 0.0555. The summed E-state index contributed by atoms with van der Waals surface area (Å²) in [6, 6.07) is 0. The van der Waals surface area contributed by atoms with Crippen molar-refractivity contribution in [1.29, 1.82) is 0 Å². The van der Waals surface area contributed by atoms with Crippen LogP contribution in [-0.4, -0.2) is 17.0 Å². The molecular formula is C4H9NOS. The van der Waals surface area contributed by atoms with Gasteiger partial charge in [0.05, 0.1) is 11.0 Å². The van der Waals surface area contributed by atoms with Crippen molar-refractivity contribution in [3.05, 3.63) is 12.7 Å². The van der Waals surface area contributed by atoms with Crippen LogP contribution in [0.15, 0.2) is 12.7 Å². The summed E-state index contributed by atoms with van der Waals surface area (Å²) < 4.78 is 12.8. The summed E-state index contributed by atoms with van der Waals surface area (Å²) >= 11 is 0. The van der Waals surface area contributed by atoms with Crippen molar-refractivity contribution in [2.45, 2.75) is 0 Å². The van der Waals surface area contributed by atoms with Gasteiger partial charge in [-0.2, -0.15) is 0 Å². The molecule has 1 N–H and O–H groups in total. The average Bonchev–Trinajstić information content (AvgIpc) is 1.61. The second-order valence-electron chi connectivity index (χ2n) is 1.09. The minimum atomic E-state index is -0.887. The molecule has 0 spiro atoms. The maximum absolute atomic E-state index is 10.2. The summed E-state index contributed by atoms with van der Waals surface area (Å²) in [6.45, 7) is 4.05. The van der Waals surface area contributed by atoms with E-state index in [-0.39, 0.29) is 0 Å². The molecule has 0 aliphatic carbocycles.